The van der Waals surface area contributed by atoms with E-state index in [9.17, 15) is 0 Å². The first-order valence-electron chi connectivity index (χ1n) is 4.63. The summed E-state index contributed by atoms with van der Waals surface area (Å²) in [5.74, 6) is 0.523. The van der Waals surface area contributed by atoms with Crippen molar-refractivity contribution in [1.82, 2.24) is 10.3 Å². The molecule has 0 fully saturated rings. The number of hydrogen-bond acceptors (Lipinski definition) is 2. The fraction of sp³-hybridized carbons (Fsp3) is 0.500. The van der Waals surface area contributed by atoms with E-state index >= 15 is 0 Å². The zero-order chi connectivity index (χ0) is 9.26. The summed E-state index contributed by atoms with van der Waals surface area (Å²) < 4.78 is 0.944. The van der Waals surface area contributed by atoms with Crippen LogP contribution in [0.5, 0.6) is 0 Å². The molecule has 1 aromatic heterocycles. The van der Waals surface area contributed by atoms with Crippen molar-refractivity contribution in [2.24, 2.45) is 0 Å². The Labute approximate surface area is 86.9 Å². The van der Waals surface area contributed by atoms with E-state index in [1.807, 2.05) is 6.07 Å². The average molecular weight is 241 g/mol. The maximum atomic E-state index is 4.53. The Morgan fingerprint density at radius 2 is 2.38 bits per heavy atom. The van der Waals surface area contributed by atoms with Crippen LogP contribution >= 0.6 is 15.9 Å². The van der Waals surface area contributed by atoms with E-state index in [0.29, 0.717) is 5.92 Å². The summed E-state index contributed by atoms with van der Waals surface area (Å²) in [7, 11) is 0. The number of aromatic nitrogens is 1. The van der Waals surface area contributed by atoms with Crippen LogP contribution in [0.25, 0.3) is 0 Å². The van der Waals surface area contributed by atoms with Gasteiger partial charge in [-0.05, 0) is 40.5 Å². The van der Waals surface area contributed by atoms with Crippen LogP contribution in [0.2, 0.25) is 0 Å². The number of fused-ring (bicyclic) bond motifs is 1. The van der Waals surface area contributed by atoms with Crippen molar-refractivity contribution in [3.63, 3.8) is 0 Å². The van der Waals surface area contributed by atoms with Crippen molar-refractivity contribution in [3.8, 4) is 0 Å². The molecule has 0 saturated heterocycles. The molecule has 0 saturated carbocycles. The second kappa shape index (κ2) is 3.76. The lowest BCUT2D eigenvalue weighted by Crippen LogP contribution is -2.18. The van der Waals surface area contributed by atoms with E-state index in [1.54, 1.807) is 0 Å². The Hall–Kier alpha value is -0.410. The first-order valence-corrected chi connectivity index (χ1v) is 5.42. The molecular weight excluding hydrogens is 228 g/mol. The highest BCUT2D eigenvalue weighted by Crippen LogP contribution is 2.22. The smallest absolute Gasteiger partial charge is 0.106 e. The highest BCUT2D eigenvalue weighted by molar-refractivity contribution is 9.10. The maximum Gasteiger partial charge on any atom is 0.106 e. The molecule has 1 atom stereocenters. The number of rotatable bonds is 0. The van der Waals surface area contributed by atoms with E-state index < -0.39 is 0 Å². The van der Waals surface area contributed by atoms with E-state index in [-0.39, 0.29) is 0 Å². The standard InChI is InChI=1S/C10H13BrN2/c1-7-6-12-5-4-8-2-3-9(11)13-10(7)8/h2-3,7,12H,4-6H2,1H3. The molecule has 2 rings (SSSR count). The van der Waals surface area contributed by atoms with E-state index in [0.717, 1.165) is 24.1 Å². The minimum Gasteiger partial charge on any atom is -0.316 e. The Balaban J connectivity index is 2.43. The lowest BCUT2D eigenvalue weighted by Gasteiger charge is -2.10. The summed E-state index contributed by atoms with van der Waals surface area (Å²) in [6.45, 7) is 4.33. The van der Waals surface area contributed by atoms with E-state index in [2.05, 4.69) is 39.2 Å². The van der Waals surface area contributed by atoms with Crippen LogP contribution in [0.3, 0.4) is 0 Å². The molecule has 2 nitrogen and oxygen atoms in total. The quantitative estimate of drug-likeness (QED) is 0.703. The Bertz CT molecular complexity index is 312. The number of nitrogens with zero attached hydrogens (tertiary/aromatic N) is 1. The molecule has 0 radical (unpaired) electrons. The van der Waals surface area contributed by atoms with Gasteiger partial charge in [0, 0.05) is 18.2 Å². The second-order valence-electron chi connectivity index (χ2n) is 3.53. The Morgan fingerprint density at radius 3 is 3.23 bits per heavy atom. The molecule has 1 N–H and O–H groups in total. The van der Waals surface area contributed by atoms with Gasteiger partial charge in [0.1, 0.15) is 4.60 Å². The van der Waals surface area contributed by atoms with Crippen molar-refractivity contribution in [1.29, 1.82) is 0 Å². The summed E-state index contributed by atoms with van der Waals surface area (Å²) in [6.07, 6.45) is 1.10. The van der Waals surface area contributed by atoms with Crippen molar-refractivity contribution in [2.45, 2.75) is 19.3 Å². The van der Waals surface area contributed by atoms with Crippen LogP contribution in [0.15, 0.2) is 16.7 Å². The predicted octanol–water partition coefficient (Wildman–Crippen LogP) is 2.09. The molecule has 0 aromatic carbocycles. The minimum atomic E-state index is 0.523. The molecule has 1 aliphatic heterocycles. The van der Waals surface area contributed by atoms with Crippen molar-refractivity contribution >= 4 is 15.9 Å². The summed E-state index contributed by atoms with van der Waals surface area (Å²) in [6, 6.07) is 4.20. The highest BCUT2D eigenvalue weighted by Gasteiger charge is 2.15. The third-order valence-electron chi connectivity index (χ3n) is 2.47. The summed E-state index contributed by atoms with van der Waals surface area (Å²) in [4.78, 5) is 4.53. The molecule has 13 heavy (non-hydrogen) atoms. The third kappa shape index (κ3) is 1.92. The van der Waals surface area contributed by atoms with E-state index in [1.165, 1.54) is 11.3 Å². The normalized spacial score (nSPS) is 22.2. The molecule has 3 heteroatoms. The van der Waals surface area contributed by atoms with Gasteiger partial charge < -0.3 is 5.32 Å². The van der Waals surface area contributed by atoms with Gasteiger partial charge in [0.15, 0.2) is 0 Å². The zero-order valence-electron chi connectivity index (χ0n) is 7.68. The molecule has 2 heterocycles. The van der Waals surface area contributed by atoms with Crippen LogP contribution in [0, 0.1) is 0 Å². The van der Waals surface area contributed by atoms with Crippen molar-refractivity contribution in [2.75, 3.05) is 13.1 Å². The lowest BCUT2D eigenvalue weighted by atomic mass is 10.0. The molecule has 0 amide bonds. The van der Waals surface area contributed by atoms with Gasteiger partial charge in [-0.15, -0.1) is 0 Å². The number of pyridine rings is 1. The monoisotopic (exact) mass is 240 g/mol. The van der Waals surface area contributed by atoms with Crippen molar-refractivity contribution in [3.05, 3.63) is 28.0 Å². The molecule has 1 unspecified atom stereocenters. The maximum absolute atomic E-state index is 4.53. The molecular formula is C10H13BrN2. The van der Waals surface area contributed by atoms with E-state index in [4.69, 9.17) is 0 Å². The fourth-order valence-electron chi connectivity index (χ4n) is 1.76. The van der Waals surface area contributed by atoms with Crippen LogP contribution in [-0.4, -0.2) is 18.1 Å². The molecule has 0 aliphatic carbocycles. The summed E-state index contributed by atoms with van der Waals surface area (Å²) >= 11 is 3.41. The first-order chi connectivity index (χ1) is 6.27. The van der Waals surface area contributed by atoms with Gasteiger partial charge in [0.25, 0.3) is 0 Å². The van der Waals surface area contributed by atoms with Crippen LogP contribution < -0.4 is 5.32 Å². The molecule has 1 aromatic rings. The van der Waals surface area contributed by atoms with Gasteiger partial charge >= 0.3 is 0 Å². The predicted molar refractivity (Wildman–Crippen MR) is 56.9 cm³/mol. The molecule has 0 bridgehead atoms. The fourth-order valence-corrected chi connectivity index (χ4v) is 2.08. The van der Waals surface area contributed by atoms with Gasteiger partial charge in [-0.1, -0.05) is 13.0 Å². The number of halogens is 1. The molecule has 1 aliphatic rings. The molecule has 0 spiro atoms. The SMILES string of the molecule is CC1CNCCc2ccc(Br)nc21. The van der Waals surface area contributed by atoms with Gasteiger partial charge in [-0.25, -0.2) is 4.98 Å². The average Bonchev–Trinajstić information content (AvgIpc) is 2.29. The number of nitrogens with one attached hydrogen (secondary N) is 1. The highest BCUT2D eigenvalue weighted by atomic mass is 79.9. The largest absolute Gasteiger partial charge is 0.316 e. The Morgan fingerprint density at radius 1 is 1.54 bits per heavy atom. The minimum absolute atomic E-state index is 0.523. The van der Waals surface area contributed by atoms with Gasteiger partial charge in [0.2, 0.25) is 0 Å². The number of hydrogen-bond donors (Lipinski definition) is 1. The van der Waals surface area contributed by atoms with Gasteiger partial charge in [0.05, 0.1) is 0 Å². The summed E-state index contributed by atoms with van der Waals surface area (Å²) in [5, 5.41) is 3.41. The van der Waals surface area contributed by atoms with Gasteiger partial charge in [-0.3, -0.25) is 0 Å². The van der Waals surface area contributed by atoms with Gasteiger partial charge in [-0.2, -0.15) is 0 Å². The second-order valence-corrected chi connectivity index (χ2v) is 4.35. The van der Waals surface area contributed by atoms with Crippen LogP contribution in [0.4, 0.5) is 0 Å². The van der Waals surface area contributed by atoms with Crippen LogP contribution in [-0.2, 0) is 6.42 Å². The van der Waals surface area contributed by atoms with Crippen molar-refractivity contribution < 1.29 is 0 Å². The first kappa shape index (κ1) is 9.16. The topological polar surface area (TPSA) is 24.9 Å². The lowest BCUT2D eigenvalue weighted by molar-refractivity contribution is 0.635. The zero-order valence-corrected chi connectivity index (χ0v) is 9.26. The summed E-state index contributed by atoms with van der Waals surface area (Å²) in [5.41, 5.74) is 2.64. The molecule has 70 valence electrons. The third-order valence-corrected chi connectivity index (χ3v) is 2.91. The van der Waals surface area contributed by atoms with Crippen LogP contribution in [0.1, 0.15) is 24.1 Å². The Kier molecular flexibility index (Phi) is 2.65.